The molecule has 0 amide bonds. The summed E-state index contributed by atoms with van der Waals surface area (Å²) in [6.45, 7) is -0.487. The van der Waals surface area contributed by atoms with Crippen molar-refractivity contribution < 1.29 is 22.9 Å². The molecule has 0 aliphatic carbocycles. The lowest BCUT2D eigenvalue weighted by Crippen LogP contribution is -2.23. The second kappa shape index (κ2) is 7.16. The van der Waals surface area contributed by atoms with E-state index in [0.29, 0.717) is 22.8 Å². The third kappa shape index (κ3) is 3.71. The van der Waals surface area contributed by atoms with Crippen molar-refractivity contribution in [1.82, 2.24) is 14.9 Å². The van der Waals surface area contributed by atoms with Crippen LogP contribution in [-0.4, -0.2) is 20.9 Å². The molecule has 0 N–H and O–H groups in total. The van der Waals surface area contributed by atoms with Gasteiger partial charge in [-0.05, 0) is 24.3 Å². The highest BCUT2D eigenvalue weighted by Gasteiger charge is 2.15. The van der Waals surface area contributed by atoms with Gasteiger partial charge in [-0.2, -0.15) is 4.68 Å². The summed E-state index contributed by atoms with van der Waals surface area (Å²) in [6.07, 6.45) is 1.51. The Labute approximate surface area is 151 Å². The molecule has 3 aromatic heterocycles. The normalized spacial score (nSPS) is 10.8. The van der Waals surface area contributed by atoms with Gasteiger partial charge in [0.15, 0.2) is 5.76 Å². The number of nitrogens with zero attached hydrogens (tertiary/aromatic N) is 3. The van der Waals surface area contributed by atoms with Crippen LogP contribution in [0.15, 0.2) is 72.9 Å². The number of hydrogen-bond acceptors (Lipinski definition) is 8. The highest BCUT2D eigenvalue weighted by Crippen LogP contribution is 2.20. The SMILES string of the molecule is O=C(Cn1nc(-c2ccccc2)oc1=O)OCc1cc(-c2ccco2)on1. The third-order valence-corrected chi connectivity index (χ3v) is 3.61. The van der Waals surface area contributed by atoms with Crippen LogP contribution in [0.4, 0.5) is 0 Å². The zero-order valence-corrected chi connectivity index (χ0v) is 13.9. The molecular formula is C18H13N3O6. The Bertz CT molecular complexity index is 1090. The number of ether oxygens (including phenoxy) is 1. The van der Waals surface area contributed by atoms with Crippen molar-refractivity contribution in [3.63, 3.8) is 0 Å². The molecule has 136 valence electrons. The standard InChI is InChI=1S/C18H13N3O6/c22-16(25-11-13-9-15(27-20-13)14-7-4-8-24-14)10-21-18(23)26-17(19-21)12-5-2-1-3-6-12/h1-9H,10-11H2. The van der Waals surface area contributed by atoms with Gasteiger partial charge in [-0.1, -0.05) is 23.4 Å². The maximum atomic E-state index is 12.0. The second-order valence-electron chi connectivity index (χ2n) is 5.52. The molecule has 0 atom stereocenters. The lowest BCUT2D eigenvalue weighted by atomic mass is 10.2. The van der Waals surface area contributed by atoms with Gasteiger partial charge >= 0.3 is 11.7 Å². The third-order valence-electron chi connectivity index (χ3n) is 3.61. The molecule has 0 fully saturated rings. The summed E-state index contributed by atoms with van der Waals surface area (Å²) in [5, 5.41) is 7.80. The van der Waals surface area contributed by atoms with Gasteiger partial charge in [0.1, 0.15) is 18.8 Å². The van der Waals surface area contributed by atoms with Gasteiger partial charge < -0.3 is 18.1 Å². The fourth-order valence-corrected chi connectivity index (χ4v) is 2.34. The second-order valence-corrected chi connectivity index (χ2v) is 5.52. The van der Waals surface area contributed by atoms with Crippen LogP contribution in [0.3, 0.4) is 0 Å². The smallest absolute Gasteiger partial charge is 0.437 e. The number of furan rings is 1. The Morgan fingerprint density at radius 1 is 1.11 bits per heavy atom. The predicted octanol–water partition coefficient (Wildman–Crippen LogP) is 2.49. The molecule has 3 heterocycles. The van der Waals surface area contributed by atoms with Crippen molar-refractivity contribution in [2.24, 2.45) is 0 Å². The van der Waals surface area contributed by atoms with Crippen LogP contribution in [0.2, 0.25) is 0 Å². The molecule has 0 aliphatic heterocycles. The minimum Gasteiger partial charge on any atom is -0.461 e. The van der Waals surface area contributed by atoms with Crippen LogP contribution in [0, 0.1) is 0 Å². The predicted molar refractivity (Wildman–Crippen MR) is 90.2 cm³/mol. The summed E-state index contributed by atoms with van der Waals surface area (Å²) in [5.74, 6) is -0.332. The maximum absolute atomic E-state index is 12.0. The fourth-order valence-electron chi connectivity index (χ4n) is 2.34. The first-order valence-electron chi connectivity index (χ1n) is 7.97. The quantitative estimate of drug-likeness (QED) is 0.478. The van der Waals surface area contributed by atoms with Crippen LogP contribution < -0.4 is 5.76 Å². The molecule has 9 heteroatoms. The van der Waals surface area contributed by atoms with Crippen molar-refractivity contribution >= 4 is 5.97 Å². The molecule has 0 saturated carbocycles. The van der Waals surface area contributed by atoms with Gasteiger partial charge in [0.25, 0.3) is 0 Å². The molecule has 9 nitrogen and oxygen atoms in total. The van der Waals surface area contributed by atoms with E-state index in [1.165, 1.54) is 6.26 Å². The Morgan fingerprint density at radius 3 is 2.74 bits per heavy atom. The summed E-state index contributed by atoms with van der Waals surface area (Å²) in [4.78, 5) is 23.8. The molecule has 4 rings (SSSR count). The average Bonchev–Trinajstić information content (AvgIpc) is 3.42. The van der Waals surface area contributed by atoms with Crippen molar-refractivity contribution in [1.29, 1.82) is 0 Å². The van der Waals surface area contributed by atoms with E-state index in [4.69, 9.17) is 18.1 Å². The Kier molecular flexibility index (Phi) is 4.40. The highest BCUT2D eigenvalue weighted by molar-refractivity contribution is 5.69. The maximum Gasteiger partial charge on any atom is 0.437 e. The summed E-state index contributed by atoms with van der Waals surface area (Å²) >= 11 is 0. The molecule has 0 spiro atoms. The van der Waals surface area contributed by atoms with Crippen molar-refractivity contribution in [2.45, 2.75) is 13.2 Å². The monoisotopic (exact) mass is 367 g/mol. The van der Waals surface area contributed by atoms with Gasteiger partial charge in [0.05, 0.1) is 6.26 Å². The van der Waals surface area contributed by atoms with E-state index in [-0.39, 0.29) is 19.0 Å². The first-order chi connectivity index (χ1) is 13.2. The molecule has 0 aliphatic rings. The zero-order valence-electron chi connectivity index (χ0n) is 13.9. The molecular weight excluding hydrogens is 354 g/mol. The lowest BCUT2D eigenvalue weighted by molar-refractivity contribution is -0.146. The molecule has 27 heavy (non-hydrogen) atoms. The Morgan fingerprint density at radius 2 is 1.96 bits per heavy atom. The molecule has 0 saturated heterocycles. The van der Waals surface area contributed by atoms with Gasteiger partial charge in [-0.15, -0.1) is 5.10 Å². The number of carbonyl (C=O) groups excluding carboxylic acids is 1. The Hall–Kier alpha value is -3.88. The van der Waals surface area contributed by atoms with Crippen LogP contribution in [-0.2, 0) is 22.7 Å². The number of aromatic nitrogens is 3. The van der Waals surface area contributed by atoms with Crippen LogP contribution in [0.25, 0.3) is 23.0 Å². The lowest BCUT2D eigenvalue weighted by Gasteiger charge is -2.00. The topological polar surface area (TPSA) is 114 Å². The van der Waals surface area contributed by atoms with E-state index >= 15 is 0 Å². The number of rotatable bonds is 6. The van der Waals surface area contributed by atoms with Crippen LogP contribution >= 0.6 is 0 Å². The van der Waals surface area contributed by atoms with E-state index in [1.54, 1.807) is 42.5 Å². The minimum absolute atomic E-state index is 0.110. The summed E-state index contributed by atoms with van der Waals surface area (Å²) in [7, 11) is 0. The summed E-state index contributed by atoms with van der Waals surface area (Å²) in [5.41, 5.74) is 1.04. The minimum atomic E-state index is -0.743. The largest absolute Gasteiger partial charge is 0.461 e. The van der Waals surface area contributed by atoms with Gasteiger partial charge in [0.2, 0.25) is 11.7 Å². The number of benzene rings is 1. The van der Waals surface area contributed by atoms with E-state index in [9.17, 15) is 9.59 Å². The summed E-state index contributed by atoms with van der Waals surface area (Å²) in [6, 6.07) is 13.9. The van der Waals surface area contributed by atoms with Gasteiger partial charge in [0, 0.05) is 11.6 Å². The van der Waals surface area contributed by atoms with E-state index in [0.717, 1.165) is 4.68 Å². The molecule has 0 radical (unpaired) electrons. The van der Waals surface area contributed by atoms with Gasteiger partial charge in [-0.3, -0.25) is 4.79 Å². The molecule has 0 unspecified atom stereocenters. The van der Waals surface area contributed by atoms with Gasteiger partial charge in [-0.25, -0.2) is 4.79 Å². The van der Waals surface area contributed by atoms with Crippen LogP contribution in [0.1, 0.15) is 5.69 Å². The van der Waals surface area contributed by atoms with E-state index in [1.807, 2.05) is 6.07 Å². The first-order valence-corrected chi connectivity index (χ1v) is 7.97. The Balaban J connectivity index is 1.37. The molecule has 1 aromatic carbocycles. The number of carbonyl (C=O) groups is 1. The summed E-state index contributed by atoms with van der Waals surface area (Å²) < 4.78 is 21.4. The zero-order chi connectivity index (χ0) is 18.6. The molecule has 4 aromatic rings. The highest BCUT2D eigenvalue weighted by atomic mass is 16.5. The van der Waals surface area contributed by atoms with Crippen molar-refractivity contribution in [3.05, 3.63) is 71.0 Å². The van der Waals surface area contributed by atoms with E-state index in [2.05, 4.69) is 10.3 Å². The first kappa shape index (κ1) is 16.6. The van der Waals surface area contributed by atoms with E-state index < -0.39 is 11.7 Å². The van der Waals surface area contributed by atoms with Crippen LogP contribution in [0.5, 0.6) is 0 Å². The number of hydrogen-bond donors (Lipinski definition) is 0. The van der Waals surface area contributed by atoms with Crippen molar-refractivity contribution in [3.8, 4) is 23.0 Å². The fraction of sp³-hybridized carbons (Fsp3) is 0.111. The molecule has 0 bridgehead atoms. The van der Waals surface area contributed by atoms with Crippen molar-refractivity contribution in [2.75, 3.05) is 0 Å². The average molecular weight is 367 g/mol. The number of esters is 1.